The van der Waals surface area contributed by atoms with Crippen LogP contribution in [0.25, 0.3) is 0 Å². The minimum atomic E-state index is 0. The molecule has 0 rings (SSSR count). The van der Waals surface area contributed by atoms with E-state index in [2.05, 4.69) is 17.9 Å². The first-order chi connectivity index (χ1) is 2.41. The third-order valence-corrected chi connectivity index (χ3v) is 0.192. The van der Waals surface area contributed by atoms with E-state index in [1.54, 1.807) is 0 Å². The van der Waals surface area contributed by atoms with Gasteiger partial charge in [-0.25, -0.2) is 0 Å². The van der Waals surface area contributed by atoms with Crippen LogP contribution in [-0.2, 0) is 4.74 Å². The molecule has 0 bridgehead atoms. The lowest BCUT2D eigenvalue weighted by Crippen LogP contribution is -1.52. The molecule has 0 spiro atoms. The van der Waals surface area contributed by atoms with E-state index in [-0.39, 0.29) is 23.1 Å². The van der Waals surface area contributed by atoms with Crippen LogP contribution in [0.15, 0.2) is 25.7 Å². The van der Waals surface area contributed by atoms with Crippen LogP contribution >= 0.6 is 0 Å². The Morgan fingerprint density at radius 1 is 1.17 bits per heavy atom. The van der Waals surface area contributed by atoms with E-state index in [0.29, 0.717) is 0 Å². The molecule has 0 aliphatic carbocycles. The fraction of sp³-hybridized carbons (Fsp3) is 0. The van der Waals surface area contributed by atoms with Crippen molar-refractivity contribution in [3.05, 3.63) is 25.7 Å². The molecule has 0 atom stereocenters. The molecule has 6 heavy (non-hydrogen) atoms. The van der Waals surface area contributed by atoms with Crippen LogP contribution in [0.1, 0.15) is 0 Å². The van der Waals surface area contributed by atoms with Gasteiger partial charge in [0.25, 0.3) is 0 Å². The molecule has 0 N–H and O–H groups in total. The molecule has 0 heterocycles. The lowest BCUT2D eigenvalue weighted by molar-refractivity contribution is 0.406. The van der Waals surface area contributed by atoms with Gasteiger partial charge < -0.3 is 4.74 Å². The first-order valence-corrected chi connectivity index (χ1v) is 1.29. The van der Waals surface area contributed by atoms with Crippen LogP contribution in [0.4, 0.5) is 0 Å². The zero-order chi connectivity index (χ0) is 4.12. The Balaban J connectivity index is 0. The maximum atomic E-state index is 4.36. The van der Waals surface area contributed by atoms with E-state index >= 15 is 0 Å². The van der Waals surface area contributed by atoms with E-state index in [1.807, 2.05) is 0 Å². The minimum absolute atomic E-state index is 0. The van der Waals surface area contributed by atoms with E-state index in [4.69, 9.17) is 0 Å². The fourth-order valence-electron chi connectivity index (χ4n) is 0.0680. The Bertz CT molecular complexity index is 36.8. The summed E-state index contributed by atoms with van der Waals surface area (Å²) in [6.45, 7) is 6.51. The van der Waals surface area contributed by atoms with Gasteiger partial charge in [0, 0.05) is 0 Å². The second kappa shape index (κ2) is 8.90. The first-order valence-electron chi connectivity index (χ1n) is 1.29. The van der Waals surface area contributed by atoms with E-state index in [1.165, 1.54) is 12.5 Å². The number of ether oxygens (including phenoxy) is 1. The van der Waals surface area contributed by atoms with Crippen LogP contribution in [-0.4, -0.2) is 23.1 Å². The fourth-order valence-corrected chi connectivity index (χ4v) is 0.0680. The average molecular weight is 96.4 g/mol. The third-order valence-electron chi connectivity index (χ3n) is 0.192. The lowest BCUT2D eigenvalue weighted by atomic mass is 11.1. The van der Waals surface area contributed by atoms with Gasteiger partial charge in [0.15, 0.2) is 0 Å². The van der Waals surface area contributed by atoms with Gasteiger partial charge in [0.1, 0.15) is 0 Å². The van der Waals surface area contributed by atoms with Crippen LogP contribution in [0.2, 0.25) is 0 Å². The Labute approximate surface area is 53.8 Å². The molecule has 0 aromatic carbocycles. The standard InChI is InChI=1S/C4H6O.Mg.2H/c1-3-5-4-2;;;/h3-4H,1-2H2;;;. The summed E-state index contributed by atoms with van der Waals surface area (Å²) in [6.07, 6.45) is 2.62. The summed E-state index contributed by atoms with van der Waals surface area (Å²) >= 11 is 0. The van der Waals surface area contributed by atoms with E-state index in [9.17, 15) is 0 Å². The Morgan fingerprint density at radius 3 is 1.50 bits per heavy atom. The molecular formula is C4H8MgO. The summed E-state index contributed by atoms with van der Waals surface area (Å²) in [4.78, 5) is 0. The molecule has 0 radical (unpaired) electrons. The Hall–Kier alpha value is 0.0462. The van der Waals surface area contributed by atoms with Gasteiger partial charge in [-0.15, -0.1) is 0 Å². The summed E-state index contributed by atoms with van der Waals surface area (Å²) < 4.78 is 4.36. The van der Waals surface area contributed by atoms with Gasteiger partial charge in [-0.05, 0) is 0 Å². The van der Waals surface area contributed by atoms with Crippen LogP contribution in [0.3, 0.4) is 0 Å². The molecular weight excluding hydrogens is 88.3 g/mol. The zero-order valence-corrected chi connectivity index (χ0v) is 2.98. The topological polar surface area (TPSA) is 9.23 Å². The molecule has 1 nitrogen and oxygen atoms in total. The normalized spacial score (nSPS) is 4.67. The third kappa shape index (κ3) is 8.97. The van der Waals surface area contributed by atoms with Gasteiger partial charge in [-0.3, -0.25) is 0 Å². The monoisotopic (exact) mass is 96.0 g/mol. The summed E-state index contributed by atoms with van der Waals surface area (Å²) in [5.74, 6) is 0. The summed E-state index contributed by atoms with van der Waals surface area (Å²) in [7, 11) is 0. The summed E-state index contributed by atoms with van der Waals surface area (Å²) in [6, 6.07) is 0. The Kier molecular flexibility index (Phi) is 14.0. The zero-order valence-electron chi connectivity index (χ0n) is 2.98. The van der Waals surface area contributed by atoms with Crippen molar-refractivity contribution in [3.8, 4) is 0 Å². The van der Waals surface area contributed by atoms with Gasteiger partial charge in [-0.1, -0.05) is 13.2 Å². The SMILES string of the molecule is C=COC=C.[MgH2]. The highest BCUT2D eigenvalue weighted by Gasteiger charge is 1.45. The highest BCUT2D eigenvalue weighted by Crippen LogP contribution is 1.65. The van der Waals surface area contributed by atoms with Crippen molar-refractivity contribution < 1.29 is 4.74 Å². The highest BCUT2D eigenvalue weighted by atomic mass is 24.3. The molecule has 0 aromatic rings. The van der Waals surface area contributed by atoms with Crippen molar-refractivity contribution in [1.29, 1.82) is 0 Å². The molecule has 0 amide bonds. The van der Waals surface area contributed by atoms with E-state index < -0.39 is 0 Å². The first kappa shape index (κ1) is 9.40. The molecule has 0 aliphatic rings. The van der Waals surface area contributed by atoms with Crippen molar-refractivity contribution >= 4 is 23.1 Å². The van der Waals surface area contributed by atoms with E-state index in [0.717, 1.165) is 0 Å². The number of hydrogen-bond acceptors (Lipinski definition) is 1. The number of rotatable bonds is 2. The molecule has 0 saturated heterocycles. The second-order valence-electron chi connectivity index (χ2n) is 0.469. The quantitative estimate of drug-likeness (QED) is 0.357. The van der Waals surface area contributed by atoms with Crippen LogP contribution < -0.4 is 0 Å². The predicted molar refractivity (Wildman–Crippen MR) is 30.0 cm³/mol. The average Bonchev–Trinajstić information content (AvgIpc) is 1.41. The van der Waals surface area contributed by atoms with Crippen LogP contribution in [0, 0.1) is 0 Å². The molecule has 0 aliphatic heterocycles. The maximum absolute atomic E-state index is 4.36. The lowest BCUT2D eigenvalue weighted by Gasteiger charge is -1.76. The van der Waals surface area contributed by atoms with Crippen molar-refractivity contribution in [2.24, 2.45) is 0 Å². The molecule has 32 valence electrons. The molecule has 0 fully saturated rings. The molecule has 0 aromatic heterocycles. The van der Waals surface area contributed by atoms with Gasteiger partial charge in [0.2, 0.25) is 0 Å². The minimum Gasteiger partial charge on any atom is -0.474 e. The van der Waals surface area contributed by atoms with Crippen LogP contribution in [0.5, 0.6) is 0 Å². The van der Waals surface area contributed by atoms with Crippen molar-refractivity contribution in [1.82, 2.24) is 0 Å². The Morgan fingerprint density at radius 2 is 1.50 bits per heavy atom. The van der Waals surface area contributed by atoms with Gasteiger partial charge >= 0.3 is 23.1 Å². The predicted octanol–water partition coefficient (Wildman–Crippen LogP) is 0.374. The van der Waals surface area contributed by atoms with Gasteiger partial charge in [0.05, 0.1) is 12.5 Å². The highest BCUT2D eigenvalue weighted by molar-refractivity contribution is 5.75. The molecule has 0 unspecified atom stereocenters. The van der Waals surface area contributed by atoms with Crippen molar-refractivity contribution in [2.75, 3.05) is 0 Å². The molecule has 2 heteroatoms. The largest absolute Gasteiger partial charge is 0.474 e. The summed E-state index contributed by atoms with van der Waals surface area (Å²) in [5.41, 5.74) is 0. The molecule has 0 saturated carbocycles. The van der Waals surface area contributed by atoms with Crippen molar-refractivity contribution in [3.63, 3.8) is 0 Å². The second-order valence-corrected chi connectivity index (χ2v) is 0.469. The van der Waals surface area contributed by atoms with Crippen molar-refractivity contribution in [2.45, 2.75) is 0 Å². The number of hydrogen-bond donors (Lipinski definition) is 0. The summed E-state index contributed by atoms with van der Waals surface area (Å²) in [5, 5.41) is 0. The smallest absolute Gasteiger partial charge is 0.316 e. The van der Waals surface area contributed by atoms with Gasteiger partial charge in [-0.2, -0.15) is 0 Å². The maximum Gasteiger partial charge on any atom is 0.316 e.